The van der Waals surface area contributed by atoms with Crippen molar-refractivity contribution in [2.45, 2.75) is 6.54 Å². The Morgan fingerprint density at radius 1 is 1.03 bits per heavy atom. The van der Waals surface area contributed by atoms with Gasteiger partial charge >= 0.3 is 0 Å². The number of hydrogen-bond donors (Lipinski definition) is 0. The van der Waals surface area contributed by atoms with Crippen LogP contribution in [0.15, 0.2) is 59.2 Å². The van der Waals surface area contributed by atoms with Crippen LogP contribution in [-0.2, 0) is 6.54 Å². The number of carbonyl (C=O) groups is 1. The van der Waals surface area contributed by atoms with E-state index in [0.717, 1.165) is 46.9 Å². The number of benzene rings is 2. The van der Waals surface area contributed by atoms with Gasteiger partial charge in [0.05, 0.1) is 5.56 Å². The molecule has 1 saturated heterocycles. The normalized spacial score (nSPS) is 15.6. The molecule has 0 saturated carbocycles. The molecule has 0 atom stereocenters. The van der Waals surface area contributed by atoms with Crippen molar-refractivity contribution in [2.24, 2.45) is 0 Å². The third kappa shape index (κ3) is 3.97. The molecule has 2 aliphatic rings. The van der Waals surface area contributed by atoms with Crippen molar-refractivity contribution in [1.82, 2.24) is 14.4 Å². The van der Waals surface area contributed by atoms with Crippen LogP contribution in [0.3, 0.4) is 0 Å². The number of carbonyl (C=O) groups excluding carboxylic acids is 1. The minimum atomic E-state index is -0.116. The van der Waals surface area contributed by atoms with Crippen LogP contribution in [0.4, 0.5) is 0 Å². The maximum Gasteiger partial charge on any atom is 0.272 e. The molecule has 2 aliphatic heterocycles. The minimum absolute atomic E-state index is 0.116. The van der Waals surface area contributed by atoms with E-state index < -0.39 is 0 Å². The third-order valence-electron chi connectivity index (χ3n) is 5.80. The lowest BCUT2D eigenvalue weighted by Crippen LogP contribution is -2.48. The zero-order chi connectivity index (χ0) is 22.1. The van der Waals surface area contributed by atoms with E-state index in [9.17, 15) is 10.1 Å². The highest BCUT2D eigenvalue weighted by Gasteiger charge is 2.27. The topological polar surface area (TPSA) is 70.7 Å². The maximum atomic E-state index is 13.4. The lowest BCUT2D eigenvalue weighted by Gasteiger charge is -2.35. The first-order chi connectivity index (χ1) is 15.6. The zero-order valence-corrected chi connectivity index (χ0v) is 18.9. The number of fused-ring (bicyclic) bond motifs is 1. The molecule has 2 aromatic carbocycles. The second-order valence-electron chi connectivity index (χ2n) is 7.80. The Kier molecular flexibility index (Phi) is 5.60. The SMILES string of the molecule is N#Cc1ccn(-c2cccc(Br)c2)c1C(=O)N1CCN(Cc2ccc3c(c2)OCO3)CC1. The molecular formula is C24H21BrN4O3. The van der Waals surface area contributed by atoms with Crippen LogP contribution in [-0.4, -0.2) is 53.2 Å². The van der Waals surface area contributed by atoms with Crippen LogP contribution in [0, 0.1) is 11.3 Å². The molecule has 0 radical (unpaired) electrons. The average Bonchev–Trinajstić information content (AvgIpc) is 3.45. The van der Waals surface area contributed by atoms with Gasteiger partial charge in [-0.3, -0.25) is 9.69 Å². The van der Waals surface area contributed by atoms with Gasteiger partial charge < -0.3 is 18.9 Å². The predicted octanol–water partition coefficient (Wildman–Crippen LogP) is 3.80. The van der Waals surface area contributed by atoms with Crippen LogP contribution in [0.25, 0.3) is 5.69 Å². The summed E-state index contributed by atoms with van der Waals surface area (Å²) in [5.41, 5.74) is 2.79. The number of halogens is 1. The smallest absolute Gasteiger partial charge is 0.272 e. The van der Waals surface area contributed by atoms with Gasteiger partial charge in [0, 0.05) is 49.1 Å². The summed E-state index contributed by atoms with van der Waals surface area (Å²) in [6.07, 6.45) is 1.78. The number of hydrogen-bond acceptors (Lipinski definition) is 5. The summed E-state index contributed by atoms with van der Waals surface area (Å²) in [6.45, 7) is 3.80. The number of amides is 1. The maximum absolute atomic E-state index is 13.4. The van der Waals surface area contributed by atoms with Crippen LogP contribution < -0.4 is 9.47 Å². The molecule has 162 valence electrons. The van der Waals surface area contributed by atoms with Crippen molar-refractivity contribution < 1.29 is 14.3 Å². The molecule has 0 bridgehead atoms. The molecule has 0 aliphatic carbocycles. The quantitative estimate of drug-likeness (QED) is 0.553. The number of aromatic nitrogens is 1. The number of nitrogens with zero attached hydrogens (tertiary/aromatic N) is 4. The summed E-state index contributed by atoms with van der Waals surface area (Å²) >= 11 is 3.48. The van der Waals surface area contributed by atoms with Gasteiger partial charge in [0.15, 0.2) is 11.5 Å². The Balaban J connectivity index is 1.29. The van der Waals surface area contributed by atoms with Crippen LogP contribution in [0.1, 0.15) is 21.6 Å². The fourth-order valence-electron chi connectivity index (χ4n) is 4.14. The second kappa shape index (κ2) is 8.69. The van der Waals surface area contributed by atoms with Crippen molar-refractivity contribution in [3.8, 4) is 23.3 Å². The fraction of sp³-hybridized carbons (Fsp3) is 0.250. The molecule has 3 aromatic rings. The monoisotopic (exact) mass is 492 g/mol. The van der Waals surface area contributed by atoms with E-state index in [1.165, 1.54) is 0 Å². The first-order valence-electron chi connectivity index (χ1n) is 10.4. The Labute approximate surface area is 194 Å². The molecule has 5 rings (SSSR count). The van der Waals surface area contributed by atoms with Gasteiger partial charge in [-0.15, -0.1) is 0 Å². The lowest BCUT2D eigenvalue weighted by atomic mass is 10.1. The average molecular weight is 493 g/mol. The Bertz CT molecular complexity index is 1210. The van der Waals surface area contributed by atoms with Gasteiger partial charge in [-0.05, 0) is 42.0 Å². The highest BCUT2D eigenvalue weighted by molar-refractivity contribution is 9.10. The van der Waals surface area contributed by atoms with Crippen molar-refractivity contribution in [3.63, 3.8) is 0 Å². The van der Waals surface area contributed by atoms with E-state index in [4.69, 9.17) is 9.47 Å². The van der Waals surface area contributed by atoms with Crippen molar-refractivity contribution in [3.05, 3.63) is 76.0 Å². The largest absolute Gasteiger partial charge is 0.454 e. The van der Waals surface area contributed by atoms with Crippen LogP contribution >= 0.6 is 15.9 Å². The van der Waals surface area contributed by atoms with Crippen molar-refractivity contribution >= 4 is 21.8 Å². The summed E-state index contributed by atoms with van der Waals surface area (Å²) in [4.78, 5) is 17.6. The molecule has 7 nitrogen and oxygen atoms in total. The second-order valence-corrected chi connectivity index (χ2v) is 8.71. The first kappa shape index (κ1) is 20.6. The van der Waals surface area contributed by atoms with Crippen LogP contribution in [0.2, 0.25) is 0 Å². The minimum Gasteiger partial charge on any atom is -0.454 e. The summed E-state index contributed by atoms with van der Waals surface area (Å²) in [7, 11) is 0. The van der Waals surface area contributed by atoms with E-state index >= 15 is 0 Å². The van der Waals surface area contributed by atoms with Gasteiger partial charge in [-0.2, -0.15) is 5.26 Å². The molecule has 1 fully saturated rings. The Morgan fingerprint density at radius 3 is 2.62 bits per heavy atom. The van der Waals surface area contributed by atoms with Crippen LogP contribution in [0.5, 0.6) is 11.5 Å². The molecule has 3 heterocycles. The summed E-state index contributed by atoms with van der Waals surface area (Å²) in [5, 5.41) is 9.58. The Hall–Kier alpha value is -3.28. The van der Waals surface area contributed by atoms with Crippen molar-refractivity contribution in [2.75, 3.05) is 33.0 Å². The summed E-state index contributed by atoms with van der Waals surface area (Å²) in [5.74, 6) is 1.45. The Morgan fingerprint density at radius 2 is 1.84 bits per heavy atom. The standard InChI is InChI=1S/C24H21BrN4O3/c25-19-2-1-3-20(13-19)29-7-6-18(14-26)23(29)24(30)28-10-8-27(9-11-28)15-17-4-5-21-22(12-17)32-16-31-21/h1-7,12-13H,8-11,15-16H2. The van der Waals surface area contributed by atoms with Gasteiger partial charge in [-0.25, -0.2) is 0 Å². The molecule has 0 unspecified atom stereocenters. The number of ether oxygens (including phenoxy) is 2. The molecule has 0 spiro atoms. The zero-order valence-electron chi connectivity index (χ0n) is 17.3. The summed E-state index contributed by atoms with van der Waals surface area (Å²) in [6, 6.07) is 17.6. The molecule has 32 heavy (non-hydrogen) atoms. The van der Waals surface area contributed by atoms with Gasteiger partial charge in [-0.1, -0.05) is 28.1 Å². The molecule has 0 N–H and O–H groups in total. The van der Waals surface area contributed by atoms with Gasteiger partial charge in [0.2, 0.25) is 6.79 Å². The number of piperazine rings is 1. The number of nitriles is 1. The highest BCUT2D eigenvalue weighted by Crippen LogP contribution is 2.33. The molecule has 1 aromatic heterocycles. The molecule has 8 heteroatoms. The van der Waals surface area contributed by atoms with E-state index in [0.29, 0.717) is 24.3 Å². The summed E-state index contributed by atoms with van der Waals surface area (Å²) < 4.78 is 13.6. The highest BCUT2D eigenvalue weighted by atomic mass is 79.9. The van der Waals surface area contributed by atoms with Gasteiger partial charge in [0.25, 0.3) is 5.91 Å². The van der Waals surface area contributed by atoms with E-state index in [1.807, 2.05) is 41.3 Å². The predicted molar refractivity (Wildman–Crippen MR) is 122 cm³/mol. The van der Waals surface area contributed by atoms with Crippen molar-refractivity contribution in [1.29, 1.82) is 5.26 Å². The van der Waals surface area contributed by atoms with Gasteiger partial charge in [0.1, 0.15) is 11.8 Å². The van der Waals surface area contributed by atoms with E-state index in [-0.39, 0.29) is 12.7 Å². The fourth-order valence-corrected chi connectivity index (χ4v) is 4.53. The lowest BCUT2D eigenvalue weighted by molar-refractivity contribution is 0.0620. The van der Waals surface area contributed by atoms with E-state index in [1.54, 1.807) is 16.8 Å². The molecule has 1 amide bonds. The third-order valence-corrected chi connectivity index (χ3v) is 6.29. The molecular weight excluding hydrogens is 472 g/mol. The van der Waals surface area contributed by atoms with E-state index in [2.05, 4.69) is 33.0 Å². The number of rotatable bonds is 4. The first-order valence-corrected chi connectivity index (χ1v) is 11.2.